The Kier molecular flexibility index (Phi) is 10.5. The molecule has 2 aromatic rings. The highest BCUT2D eigenvalue weighted by Crippen LogP contribution is 2.47. The molecule has 0 fully saturated rings. The number of allylic oxidation sites excluding steroid dienone is 6. The summed E-state index contributed by atoms with van der Waals surface area (Å²) >= 11 is 6.80. The first-order valence-corrected chi connectivity index (χ1v) is 18.9. The van der Waals surface area contributed by atoms with Crippen LogP contribution in [0.25, 0.3) is 0 Å². The Bertz CT molecular complexity index is 1820. The van der Waals surface area contributed by atoms with Gasteiger partial charge in [0.05, 0.1) is 38.1 Å². The van der Waals surface area contributed by atoms with Gasteiger partial charge in [0.1, 0.15) is 6.54 Å². The fourth-order valence-electron chi connectivity index (χ4n) is 6.32. The quantitative estimate of drug-likeness (QED) is 0.0896. The lowest BCUT2D eigenvalue weighted by atomic mass is 9.81. The molecule has 46 heavy (non-hydrogen) atoms. The molecule has 0 atom stereocenters. The van der Waals surface area contributed by atoms with Gasteiger partial charge < -0.3 is 4.90 Å². The molecule has 0 saturated heterocycles. The number of hydroxylamine groups is 3. The molecule has 2 aliphatic heterocycles. The van der Waals surface area contributed by atoms with Crippen molar-refractivity contribution in [1.29, 1.82) is 0 Å². The lowest BCUT2D eigenvalue weighted by Gasteiger charge is -2.27. The van der Waals surface area contributed by atoms with Crippen LogP contribution in [0.15, 0.2) is 83.6 Å². The van der Waals surface area contributed by atoms with Gasteiger partial charge in [-0.15, -0.1) is 0 Å². The van der Waals surface area contributed by atoms with E-state index in [1.165, 1.54) is 0 Å². The minimum Gasteiger partial charge on any atom is -0.344 e. The Morgan fingerprint density at radius 2 is 1.57 bits per heavy atom. The number of nitrogens with zero attached hydrogens (tertiary/aromatic N) is 3. The monoisotopic (exact) mass is 691 g/mol. The summed E-state index contributed by atoms with van der Waals surface area (Å²) in [6, 6.07) is 16.2. The molecule has 1 N–H and O–H groups in total. The Morgan fingerprint density at radius 3 is 2.22 bits per heavy atom. The van der Waals surface area contributed by atoms with E-state index >= 15 is 0 Å². The molecule has 2 aromatic carbocycles. The number of fused-ring (bicyclic) bond motifs is 2. The number of halogens is 1. The number of rotatable bonds is 13. The van der Waals surface area contributed by atoms with Gasteiger partial charge in [-0.05, 0) is 50.1 Å². The highest BCUT2D eigenvalue weighted by atomic mass is 35.5. The third-order valence-corrected chi connectivity index (χ3v) is 10.8. The summed E-state index contributed by atoms with van der Waals surface area (Å²) in [5, 5.41) is 0.496. The van der Waals surface area contributed by atoms with Crippen LogP contribution in [0.1, 0.15) is 51.7 Å². The molecule has 0 aromatic heterocycles. The predicted octanol–water partition coefficient (Wildman–Crippen LogP) is 6.06. The summed E-state index contributed by atoms with van der Waals surface area (Å²) in [6.45, 7) is 9.43. The van der Waals surface area contributed by atoms with Gasteiger partial charge in [0.15, 0.2) is 5.71 Å². The van der Waals surface area contributed by atoms with E-state index < -0.39 is 20.2 Å². The zero-order valence-corrected chi connectivity index (χ0v) is 30.1. The Labute approximate surface area is 279 Å². The van der Waals surface area contributed by atoms with E-state index in [1.54, 1.807) is 21.1 Å². The number of quaternary nitrogens is 1. The number of anilines is 1. The van der Waals surface area contributed by atoms with Gasteiger partial charge in [-0.25, -0.2) is 0 Å². The molecule has 0 unspecified atom stereocenters. The van der Waals surface area contributed by atoms with Gasteiger partial charge in [0, 0.05) is 52.5 Å². The second-order valence-electron chi connectivity index (χ2n) is 13.6. The lowest BCUT2D eigenvalue weighted by Crippen LogP contribution is -2.38. The van der Waals surface area contributed by atoms with E-state index in [0.29, 0.717) is 24.5 Å². The van der Waals surface area contributed by atoms with Crippen LogP contribution in [0.5, 0.6) is 0 Å². The van der Waals surface area contributed by atoms with Crippen LogP contribution in [0.2, 0.25) is 0 Å². The third kappa shape index (κ3) is 8.37. The second-order valence-corrected chi connectivity index (χ2v) is 17.3. The van der Waals surface area contributed by atoms with Crippen molar-refractivity contribution in [1.82, 2.24) is 0 Å². The molecule has 4 rings (SSSR count). The molecule has 250 valence electrons. The van der Waals surface area contributed by atoms with Crippen LogP contribution in [0, 0.1) is 0 Å². The molecular weight excluding hydrogens is 646 g/mol. The molecule has 0 bridgehead atoms. The maximum absolute atomic E-state index is 12.6. The normalized spacial score (nSPS) is 18.9. The summed E-state index contributed by atoms with van der Waals surface area (Å²) in [6.07, 6.45) is 8.30. The fourth-order valence-corrected chi connectivity index (χ4v) is 8.18. The second kappa shape index (κ2) is 13.4. The van der Waals surface area contributed by atoms with Crippen molar-refractivity contribution in [3.8, 4) is 0 Å². The molecule has 0 saturated carbocycles. The molecule has 0 spiro atoms. The summed E-state index contributed by atoms with van der Waals surface area (Å²) in [4.78, 5) is 2.16. The third-order valence-electron chi connectivity index (χ3n) is 8.30. The van der Waals surface area contributed by atoms with E-state index in [4.69, 9.17) is 15.9 Å². The molecule has 12 heteroatoms. The molecule has 2 heterocycles. The maximum atomic E-state index is 12.6. The molecule has 9 nitrogen and oxygen atoms in total. The molecular formula is C34H46ClN3O6S2+2. The minimum atomic E-state index is -4.07. The van der Waals surface area contributed by atoms with Crippen LogP contribution < -0.4 is 4.90 Å². The van der Waals surface area contributed by atoms with Crippen molar-refractivity contribution in [2.75, 3.05) is 50.6 Å². The lowest BCUT2D eigenvalue weighted by molar-refractivity contribution is -1.03. The first kappa shape index (κ1) is 36.0. The fraction of sp³-hybridized carbons (Fsp3) is 0.441. The molecule has 2 aliphatic rings. The van der Waals surface area contributed by atoms with Crippen molar-refractivity contribution < 1.29 is 34.9 Å². The van der Waals surface area contributed by atoms with Crippen LogP contribution in [-0.4, -0.2) is 82.1 Å². The first-order valence-electron chi connectivity index (χ1n) is 15.3. The van der Waals surface area contributed by atoms with Gasteiger partial charge in [0.25, 0.3) is 10.1 Å². The number of hydrogen-bond donors (Lipinski definition) is 1. The van der Waals surface area contributed by atoms with Gasteiger partial charge >= 0.3 is 10.1 Å². The van der Waals surface area contributed by atoms with E-state index in [1.807, 2.05) is 60.7 Å². The van der Waals surface area contributed by atoms with E-state index in [2.05, 4.69) is 49.3 Å². The minimum absolute atomic E-state index is 0.105. The van der Waals surface area contributed by atoms with Crippen LogP contribution >= 0.6 is 11.6 Å². The smallest absolute Gasteiger partial charge is 0.314 e. The van der Waals surface area contributed by atoms with E-state index in [0.717, 1.165) is 33.9 Å². The average molecular weight is 692 g/mol. The summed E-state index contributed by atoms with van der Waals surface area (Å²) in [5.41, 5.74) is 5.56. The molecule has 0 aliphatic carbocycles. The maximum Gasteiger partial charge on any atom is 0.314 e. The van der Waals surface area contributed by atoms with Crippen LogP contribution in [0.3, 0.4) is 0 Å². The van der Waals surface area contributed by atoms with Crippen molar-refractivity contribution in [2.24, 2.45) is 0 Å². The highest BCUT2D eigenvalue weighted by molar-refractivity contribution is 7.86. The highest BCUT2D eigenvalue weighted by Gasteiger charge is 2.44. The Hall–Kier alpha value is -2.80. The van der Waals surface area contributed by atoms with Crippen molar-refractivity contribution >= 4 is 48.9 Å². The topological polar surface area (TPSA) is 104 Å². The zero-order chi connectivity index (χ0) is 34.1. The standard InChI is InChI=1S/C34H45ClN3O6S2/c1-33(2)27-14-8-10-16-29(27)36(22-12-24-45(39,40)41)31(33)20-18-26(35)19-21-32-34(3,4)28-15-9-11-17-30(28)37(32)23-13-25-46(42,43)44-38(5,6)7/h8-11,14-21H,12-13,22-25H2,1-7H3/q+1/p+1. The van der Waals surface area contributed by atoms with Crippen molar-refractivity contribution in [3.05, 3.63) is 94.7 Å². The predicted molar refractivity (Wildman–Crippen MR) is 186 cm³/mol. The Morgan fingerprint density at radius 1 is 0.935 bits per heavy atom. The summed E-state index contributed by atoms with van der Waals surface area (Å²) in [5.74, 6) is -0.424. The van der Waals surface area contributed by atoms with Crippen molar-refractivity contribution in [3.63, 3.8) is 0 Å². The summed E-state index contributed by atoms with van der Waals surface area (Å²) in [7, 11) is -2.79. The Balaban J connectivity index is 1.62. The largest absolute Gasteiger partial charge is 0.344 e. The van der Waals surface area contributed by atoms with Crippen LogP contribution in [0.4, 0.5) is 11.4 Å². The van der Waals surface area contributed by atoms with E-state index in [-0.39, 0.29) is 33.4 Å². The zero-order valence-electron chi connectivity index (χ0n) is 27.7. The van der Waals surface area contributed by atoms with Gasteiger partial charge in [-0.2, -0.15) is 26.1 Å². The number of hydrogen-bond acceptors (Lipinski definition) is 6. The van der Waals surface area contributed by atoms with E-state index in [9.17, 15) is 21.4 Å². The van der Waals surface area contributed by atoms with Crippen LogP contribution in [-0.2, 0) is 35.4 Å². The summed E-state index contributed by atoms with van der Waals surface area (Å²) < 4.78 is 64.4. The number of benzene rings is 2. The van der Waals surface area contributed by atoms with Gasteiger partial charge in [0.2, 0.25) is 5.69 Å². The van der Waals surface area contributed by atoms with Gasteiger partial charge in [-0.3, -0.25) is 4.55 Å². The van der Waals surface area contributed by atoms with Crippen molar-refractivity contribution in [2.45, 2.75) is 51.4 Å². The first-order chi connectivity index (χ1) is 21.2. The van der Waals surface area contributed by atoms with Gasteiger partial charge in [-0.1, -0.05) is 66.1 Å². The average Bonchev–Trinajstić information content (AvgIpc) is 3.27. The molecule has 0 amide bonds. The number of para-hydroxylation sites is 2. The molecule has 0 radical (unpaired) electrons. The SMILES string of the molecule is CC1(C)C(/C=C/C(Cl)=C/C=C2/N(CCCS(=O)(=O)O[N+](C)(C)C)c3ccccc3C2(C)C)=[N+](CCCS(=O)(=O)O)c2ccccc21.